The highest BCUT2D eigenvalue weighted by atomic mass is 31.2. The summed E-state index contributed by atoms with van der Waals surface area (Å²) in [4.78, 5) is 0. The number of alkyl halides is 1. The van der Waals surface area contributed by atoms with Crippen molar-refractivity contribution < 1.29 is 13.4 Å². The zero-order valence-electron chi connectivity index (χ0n) is 20.2. The average Bonchev–Trinajstić information content (AvgIpc) is 2.75. The molecule has 0 radical (unpaired) electrons. The number of hydrogen-bond donors (Lipinski definition) is 0. The van der Waals surface area contributed by atoms with Gasteiger partial charge in [-0.1, -0.05) is 88.0 Å². The Balaban J connectivity index is 2.11. The van der Waals surface area contributed by atoms with Gasteiger partial charge in [0.2, 0.25) is 0 Å². The van der Waals surface area contributed by atoms with Gasteiger partial charge < -0.3 is 8.99 Å². The predicted molar refractivity (Wildman–Crippen MR) is 138 cm³/mol. The molecular weight excluding hydrogens is 434 g/mol. The summed E-state index contributed by atoms with van der Waals surface area (Å²) in [5, 5.41) is 2.26. The third-order valence-electron chi connectivity index (χ3n) is 7.08. The fourth-order valence-electron chi connectivity index (χ4n) is 4.07. The molecule has 0 spiro atoms. The van der Waals surface area contributed by atoms with Gasteiger partial charge in [0, 0.05) is 17.0 Å². The molecule has 2 atom stereocenters. The minimum absolute atomic E-state index is 0.0373. The molecule has 0 aliphatic heterocycles. The maximum absolute atomic E-state index is 15.2. The van der Waals surface area contributed by atoms with Crippen molar-refractivity contribution in [1.29, 1.82) is 0 Å². The summed E-state index contributed by atoms with van der Waals surface area (Å²) in [6.07, 6.45) is -0.575. The molecule has 1 aliphatic rings. The summed E-state index contributed by atoms with van der Waals surface area (Å²) in [6.45, 7) is 16.9. The van der Waals surface area contributed by atoms with Crippen molar-refractivity contribution in [2.75, 3.05) is 0 Å². The fourth-order valence-corrected chi connectivity index (χ4v) is 8.31. The number of benzene rings is 2. The van der Waals surface area contributed by atoms with E-state index in [2.05, 4.69) is 40.4 Å². The van der Waals surface area contributed by atoms with Crippen LogP contribution in [0.2, 0.25) is 18.1 Å². The maximum atomic E-state index is 15.2. The van der Waals surface area contributed by atoms with Crippen LogP contribution >= 0.6 is 7.14 Å². The molecule has 2 nitrogen and oxygen atoms in total. The summed E-state index contributed by atoms with van der Waals surface area (Å²) >= 11 is 0. The molecular formula is C27H36FO2PSi. The lowest BCUT2D eigenvalue weighted by Crippen LogP contribution is -2.45. The molecule has 0 aromatic heterocycles. The Morgan fingerprint density at radius 3 is 1.94 bits per heavy atom. The number of halogens is 1. The van der Waals surface area contributed by atoms with Crippen molar-refractivity contribution in [1.82, 2.24) is 0 Å². The van der Waals surface area contributed by atoms with Gasteiger partial charge in [0.25, 0.3) is 0 Å². The van der Waals surface area contributed by atoms with Crippen LogP contribution in [-0.2, 0) is 8.99 Å². The number of rotatable bonds is 5. The monoisotopic (exact) mass is 470 g/mol. The van der Waals surface area contributed by atoms with Crippen molar-refractivity contribution in [2.45, 2.75) is 70.9 Å². The first-order valence-corrected chi connectivity index (χ1v) is 15.9. The summed E-state index contributed by atoms with van der Waals surface area (Å²) in [5.74, 6) is 0. The minimum atomic E-state index is -3.15. The molecule has 1 saturated carbocycles. The molecule has 2 unspecified atom stereocenters. The molecule has 0 saturated heterocycles. The second-order valence-electron chi connectivity index (χ2n) is 10.3. The molecule has 2 aromatic rings. The fraction of sp³-hybridized carbons (Fsp3) is 0.407. The molecule has 0 N–H and O–H groups in total. The van der Waals surface area contributed by atoms with Crippen LogP contribution in [-0.4, -0.2) is 20.6 Å². The molecule has 3 rings (SSSR count). The van der Waals surface area contributed by atoms with Crippen LogP contribution in [0.1, 0.15) is 40.5 Å². The van der Waals surface area contributed by atoms with E-state index in [1.54, 1.807) is 0 Å². The molecule has 1 aliphatic carbocycles. The van der Waals surface area contributed by atoms with Crippen LogP contribution in [0.5, 0.6) is 0 Å². The third-order valence-corrected chi connectivity index (χ3v) is 14.9. The zero-order chi connectivity index (χ0) is 23.7. The van der Waals surface area contributed by atoms with Gasteiger partial charge in [-0.05, 0) is 47.9 Å². The van der Waals surface area contributed by atoms with E-state index in [1.807, 2.05) is 67.6 Å². The second kappa shape index (κ2) is 9.25. The number of allylic oxidation sites excluding steroid dienone is 2. The topological polar surface area (TPSA) is 26.3 Å². The van der Waals surface area contributed by atoms with Gasteiger partial charge in [-0.2, -0.15) is 0 Å². The quantitative estimate of drug-likeness (QED) is 0.337. The van der Waals surface area contributed by atoms with Crippen molar-refractivity contribution in [3.63, 3.8) is 0 Å². The Hall–Kier alpha value is -1.74. The minimum Gasteiger partial charge on any atom is -0.413 e. The predicted octanol–water partition coefficient (Wildman–Crippen LogP) is 7.35. The van der Waals surface area contributed by atoms with Gasteiger partial charge in [0.1, 0.15) is 6.17 Å². The van der Waals surface area contributed by atoms with Gasteiger partial charge in [-0.15, -0.1) is 0 Å². The normalized spacial score (nSPS) is 22.0. The molecule has 0 bridgehead atoms. The van der Waals surface area contributed by atoms with Gasteiger partial charge in [-0.3, -0.25) is 0 Å². The van der Waals surface area contributed by atoms with Crippen LogP contribution in [0.25, 0.3) is 0 Å². The van der Waals surface area contributed by atoms with Gasteiger partial charge in [0.15, 0.2) is 15.5 Å². The van der Waals surface area contributed by atoms with Gasteiger partial charge >= 0.3 is 0 Å². The molecule has 0 amide bonds. The Bertz CT molecular complexity index is 995. The average molecular weight is 471 g/mol. The first-order chi connectivity index (χ1) is 14.9. The Morgan fingerprint density at radius 1 is 1.03 bits per heavy atom. The zero-order valence-corrected chi connectivity index (χ0v) is 22.1. The standard InChI is InChI=1S/C27H36FO2PSi/c1-20-25(18-22(19-26(20)28)30-32(6,7)27(3,4)5)21(2)31(29,23-14-10-8-11-15-23)24-16-12-9-13-17-24/h8-17,22,26H,1,18-19H2,2-7H3/b25-21+. The van der Waals surface area contributed by atoms with E-state index in [0.717, 1.165) is 16.2 Å². The molecule has 1 fully saturated rings. The highest BCUT2D eigenvalue weighted by Gasteiger charge is 2.42. The lowest BCUT2D eigenvalue weighted by atomic mass is 9.87. The highest BCUT2D eigenvalue weighted by Crippen LogP contribution is 2.55. The lowest BCUT2D eigenvalue weighted by molar-refractivity contribution is 0.131. The van der Waals surface area contributed by atoms with Gasteiger partial charge in [0.05, 0.1) is 6.10 Å². The number of hydrogen-bond acceptors (Lipinski definition) is 2. The maximum Gasteiger partial charge on any atom is 0.192 e. The first kappa shape index (κ1) is 24.9. The molecule has 5 heteroatoms. The first-order valence-electron chi connectivity index (χ1n) is 11.3. The lowest BCUT2D eigenvalue weighted by Gasteiger charge is -2.42. The van der Waals surface area contributed by atoms with E-state index in [-0.39, 0.29) is 11.1 Å². The van der Waals surface area contributed by atoms with Crippen LogP contribution in [0, 0.1) is 0 Å². The Kier molecular flexibility index (Phi) is 7.19. The Morgan fingerprint density at radius 2 is 1.50 bits per heavy atom. The molecule has 32 heavy (non-hydrogen) atoms. The van der Waals surface area contributed by atoms with Crippen molar-refractivity contribution in [3.8, 4) is 0 Å². The van der Waals surface area contributed by atoms with Crippen molar-refractivity contribution in [2.24, 2.45) is 0 Å². The smallest absolute Gasteiger partial charge is 0.192 e. The molecule has 172 valence electrons. The van der Waals surface area contributed by atoms with Crippen LogP contribution in [0.4, 0.5) is 4.39 Å². The largest absolute Gasteiger partial charge is 0.413 e. The van der Waals surface area contributed by atoms with E-state index in [4.69, 9.17) is 4.43 Å². The summed E-state index contributed by atoms with van der Waals surface area (Å²) in [7, 11) is -5.22. The van der Waals surface area contributed by atoms with Crippen LogP contribution in [0.15, 0.2) is 83.7 Å². The van der Waals surface area contributed by atoms with Crippen LogP contribution < -0.4 is 10.6 Å². The van der Waals surface area contributed by atoms with E-state index < -0.39 is 21.6 Å². The summed E-state index contributed by atoms with van der Waals surface area (Å²) < 4.78 is 36.6. The Labute approximate surface area is 194 Å². The SMILES string of the molecule is C=C1/C(=C(\C)P(=O)(c2ccccc2)c2ccccc2)CC(O[Si](C)(C)C(C)(C)C)CC1F. The molecule has 2 aromatic carbocycles. The summed E-state index contributed by atoms with van der Waals surface area (Å²) in [5.41, 5.74) is 1.22. The van der Waals surface area contributed by atoms with E-state index in [9.17, 15) is 4.57 Å². The van der Waals surface area contributed by atoms with Crippen molar-refractivity contribution >= 4 is 26.1 Å². The van der Waals surface area contributed by atoms with E-state index >= 15 is 4.39 Å². The summed E-state index contributed by atoms with van der Waals surface area (Å²) in [6, 6.07) is 19.1. The second-order valence-corrected chi connectivity index (χ2v) is 18.0. The van der Waals surface area contributed by atoms with E-state index in [1.165, 1.54) is 0 Å². The van der Waals surface area contributed by atoms with Crippen LogP contribution in [0.3, 0.4) is 0 Å². The van der Waals surface area contributed by atoms with E-state index in [0.29, 0.717) is 23.7 Å². The third kappa shape index (κ3) is 4.78. The molecule has 0 heterocycles. The van der Waals surface area contributed by atoms with Gasteiger partial charge in [-0.25, -0.2) is 4.39 Å². The highest BCUT2D eigenvalue weighted by molar-refractivity contribution is 7.82. The van der Waals surface area contributed by atoms with Crippen molar-refractivity contribution in [3.05, 3.63) is 83.7 Å².